The second kappa shape index (κ2) is 7.83. The minimum Gasteiger partial charge on any atom is -0.463 e. The molecule has 0 aliphatic heterocycles. The van der Waals surface area contributed by atoms with E-state index in [9.17, 15) is 9.59 Å². The molecule has 0 fully saturated rings. The number of hydrogen-bond acceptors (Lipinski definition) is 4. The molecule has 23 heavy (non-hydrogen) atoms. The number of hydrogen-bond donors (Lipinski definition) is 1. The van der Waals surface area contributed by atoms with Gasteiger partial charge in [-0.05, 0) is 37.6 Å². The van der Waals surface area contributed by atoms with Crippen LogP contribution < -0.4 is 5.32 Å². The molecule has 1 aromatic carbocycles. The maximum Gasteiger partial charge on any atom is 0.308 e. The van der Waals surface area contributed by atoms with Crippen molar-refractivity contribution in [2.75, 3.05) is 0 Å². The summed E-state index contributed by atoms with van der Waals surface area (Å²) in [7, 11) is 0. The summed E-state index contributed by atoms with van der Waals surface area (Å²) < 4.78 is 10.2. The quantitative estimate of drug-likeness (QED) is 0.816. The number of esters is 1. The molecule has 0 saturated carbocycles. The van der Waals surface area contributed by atoms with E-state index in [4.69, 9.17) is 20.8 Å². The zero-order valence-corrected chi connectivity index (χ0v) is 13.7. The van der Waals surface area contributed by atoms with Crippen molar-refractivity contribution in [3.63, 3.8) is 0 Å². The number of benzene rings is 1. The fraction of sp³-hybridized carbons (Fsp3) is 0.294. The van der Waals surface area contributed by atoms with E-state index in [0.717, 1.165) is 0 Å². The monoisotopic (exact) mass is 335 g/mol. The minimum absolute atomic E-state index is 0.0195. The van der Waals surface area contributed by atoms with Crippen molar-refractivity contribution in [1.82, 2.24) is 5.32 Å². The zero-order valence-electron chi connectivity index (χ0n) is 12.9. The highest BCUT2D eigenvalue weighted by molar-refractivity contribution is 6.31. The van der Waals surface area contributed by atoms with Crippen molar-refractivity contribution >= 4 is 23.5 Å². The third-order valence-electron chi connectivity index (χ3n) is 3.07. The van der Waals surface area contributed by atoms with Crippen molar-refractivity contribution in [3.05, 3.63) is 59.0 Å². The lowest BCUT2D eigenvalue weighted by atomic mass is 10.0. The van der Waals surface area contributed by atoms with Crippen LogP contribution in [0.1, 0.15) is 42.4 Å². The number of ether oxygens (including phenoxy) is 1. The van der Waals surface area contributed by atoms with Gasteiger partial charge >= 0.3 is 5.97 Å². The van der Waals surface area contributed by atoms with E-state index in [2.05, 4.69) is 5.32 Å². The molecule has 1 amide bonds. The summed E-state index contributed by atoms with van der Waals surface area (Å²) >= 11 is 6.19. The SMILES string of the molecule is CC(C)OC(=O)CC(NC(=O)c1ccco1)c1ccccc1Cl. The van der Waals surface area contributed by atoms with Crippen LogP contribution in [0.4, 0.5) is 0 Å². The van der Waals surface area contributed by atoms with Crippen LogP contribution in [0, 0.1) is 0 Å². The van der Waals surface area contributed by atoms with E-state index >= 15 is 0 Å². The molecule has 1 N–H and O–H groups in total. The van der Waals surface area contributed by atoms with Crippen LogP contribution in [-0.4, -0.2) is 18.0 Å². The summed E-state index contributed by atoms with van der Waals surface area (Å²) in [4.78, 5) is 24.2. The Hall–Kier alpha value is -2.27. The highest BCUT2D eigenvalue weighted by Crippen LogP contribution is 2.26. The lowest BCUT2D eigenvalue weighted by molar-refractivity contribution is -0.147. The molecule has 1 unspecified atom stereocenters. The molecular weight excluding hydrogens is 318 g/mol. The Morgan fingerprint density at radius 3 is 2.57 bits per heavy atom. The number of nitrogens with one attached hydrogen (secondary N) is 1. The Morgan fingerprint density at radius 2 is 1.96 bits per heavy atom. The van der Waals surface area contributed by atoms with Gasteiger partial charge in [-0.25, -0.2) is 0 Å². The number of carbonyl (C=O) groups excluding carboxylic acids is 2. The maximum absolute atomic E-state index is 12.2. The van der Waals surface area contributed by atoms with Gasteiger partial charge < -0.3 is 14.5 Å². The average Bonchev–Trinajstić information content (AvgIpc) is 3.00. The second-order valence-corrected chi connectivity index (χ2v) is 5.67. The van der Waals surface area contributed by atoms with Gasteiger partial charge in [0.2, 0.25) is 0 Å². The lowest BCUT2D eigenvalue weighted by Gasteiger charge is -2.20. The van der Waals surface area contributed by atoms with Crippen LogP contribution in [0.5, 0.6) is 0 Å². The molecule has 0 radical (unpaired) electrons. The van der Waals surface area contributed by atoms with Gasteiger partial charge in [-0.1, -0.05) is 29.8 Å². The van der Waals surface area contributed by atoms with Crippen LogP contribution >= 0.6 is 11.6 Å². The van der Waals surface area contributed by atoms with Gasteiger partial charge in [-0.15, -0.1) is 0 Å². The summed E-state index contributed by atoms with van der Waals surface area (Å²) in [6.45, 7) is 3.54. The number of furan rings is 1. The molecule has 1 atom stereocenters. The first-order valence-electron chi connectivity index (χ1n) is 7.25. The summed E-state index contributed by atoms with van der Waals surface area (Å²) in [6, 6.07) is 9.60. The van der Waals surface area contributed by atoms with Crippen molar-refractivity contribution < 1.29 is 18.7 Å². The molecule has 2 rings (SSSR count). The fourth-order valence-electron chi connectivity index (χ4n) is 2.11. The van der Waals surface area contributed by atoms with Gasteiger partial charge in [0.15, 0.2) is 5.76 Å². The van der Waals surface area contributed by atoms with E-state index in [1.165, 1.54) is 6.26 Å². The number of halogens is 1. The highest BCUT2D eigenvalue weighted by atomic mass is 35.5. The van der Waals surface area contributed by atoms with Crippen molar-refractivity contribution in [2.45, 2.75) is 32.4 Å². The Morgan fingerprint density at radius 1 is 1.22 bits per heavy atom. The predicted octanol–water partition coefficient (Wildman–Crippen LogP) is 3.75. The molecule has 6 heteroatoms. The number of amides is 1. The number of carbonyl (C=O) groups is 2. The van der Waals surface area contributed by atoms with Crippen LogP contribution in [0.15, 0.2) is 47.1 Å². The molecule has 1 aromatic heterocycles. The van der Waals surface area contributed by atoms with Crippen LogP contribution in [0.3, 0.4) is 0 Å². The molecule has 5 nitrogen and oxygen atoms in total. The van der Waals surface area contributed by atoms with Gasteiger partial charge in [-0.3, -0.25) is 9.59 Å². The summed E-state index contributed by atoms with van der Waals surface area (Å²) in [5, 5.41) is 3.23. The topological polar surface area (TPSA) is 68.5 Å². The summed E-state index contributed by atoms with van der Waals surface area (Å²) in [5.41, 5.74) is 0.648. The predicted molar refractivity (Wildman–Crippen MR) is 86.2 cm³/mol. The Balaban J connectivity index is 2.19. The molecule has 0 aliphatic rings. The molecule has 0 aliphatic carbocycles. The van der Waals surface area contributed by atoms with Crippen molar-refractivity contribution in [3.8, 4) is 0 Å². The lowest BCUT2D eigenvalue weighted by Crippen LogP contribution is -2.31. The summed E-state index contributed by atoms with van der Waals surface area (Å²) in [6.07, 6.45) is 1.16. The van der Waals surface area contributed by atoms with Crippen LogP contribution in [0.2, 0.25) is 5.02 Å². The Kier molecular flexibility index (Phi) is 5.82. The summed E-state index contributed by atoms with van der Waals surface area (Å²) in [5.74, 6) is -0.666. The van der Waals surface area contributed by atoms with Gasteiger partial charge in [0.05, 0.1) is 24.8 Å². The Bertz CT molecular complexity index is 667. The molecule has 1 heterocycles. The second-order valence-electron chi connectivity index (χ2n) is 5.27. The maximum atomic E-state index is 12.2. The first kappa shape index (κ1) is 17.1. The van der Waals surface area contributed by atoms with Gasteiger partial charge in [0.25, 0.3) is 5.91 Å². The molecule has 0 bridgehead atoms. The third-order valence-corrected chi connectivity index (χ3v) is 3.41. The number of rotatable bonds is 6. The molecule has 2 aromatic rings. The van der Waals surface area contributed by atoms with Gasteiger partial charge in [-0.2, -0.15) is 0 Å². The van der Waals surface area contributed by atoms with E-state index in [0.29, 0.717) is 10.6 Å². The molecule has 0 saturated heterocycles. The van der Waals surface area contributed by atoms with E-state index < -0.39 is 17.9 Å². The van der Waals surface area contributed by atoms with Crippen molar-refractivity contribution in [2.24, 2.45) is 0 Å². The first-order chi connectivity index (χ1) is 11.0. The fourth-order valence-corrected chi connectivity index (χ4v) is 2.38. The molecule has 0 spiro atoms. The van der Waals surface area contributed by atoms with E-state index in [-0.39, 0.29) is 18.3 Å². The smallest absolute Gasteiger partial charge is 0.308 e. The normalized spacial score (nSPS) is 12.0. The van der Waals surface area contributed by atoms with Gasteiger partial charge in [0.1, 0.15) is 0 Å². The van der Waals surface area contributed by atoms with E-state index in [1.807, 2.05) is 0 Å². The molecular formula is C17H18ClNO4. The minimum atomic E-state index is -0.604. The van der Waals surface area contributed by atoms with E-state index in [1.54, 1.807) is 50.2 Å². The highest BCUT2D eigenvalue weighted by Gasteiger charge is 2.23. The average molecular weight is 336 g/mol. The van der Waals surface area contributed by atoms with Crippen molar-refractivity contribution in [1.29, 1.82) is 0 Å². The zero-order chi connectivity index (χ0) is 16.8. The van der Waals surface area contributed by atoms with Crippen LogP contribution in [0.25, 0.3) is 0 Å². The van der Waals surface area contributed by atoms with Crippen LogP contribution in [-0.2, 0) is 9.53 Å². The Labute approximate surface area is 139 Å². The third kappa shape index (κ3) is 4.86. The first-order valence-corrected chi connectivity index (χ1v) is 7.63. The largest absolute Gasteiger partial charge is 0.463 e. The molecule has 122 valence electrons. The standard InChI is InChI=1S/C17H18ClNO4/c1-11(2)23-16(20)10-14(12-6-3-4-7-13(12)18)19-17(21)15-8-5-9-22-15/h3-9,11,14H,10H2,1-2H3,(H,19,21). The van der Waals surface area contributed by atoms with Gasteiger partial charge in [0, 0.05) is 5.02 Å².